The molecule has 2 rings (SSSR count). The van der Waals surface area contributed by atoms with E-state index < -0.39 is 23.7 Å². The Bertz CT molecular complexity index is 903. The quantitative estimate of drug-likeness (QED) is 0.524. The van der Waals surface area contributed by atoms with Crippen LogP contribution in [0.2, 0.25) is 5.02 Å². The largest absolute Gasteiger partial charge is 0.462 e. The molecule has 0 amide bonds. The molecular formula is C19H22ClNO6. The summed E-state index contributed by atoms with van der Waals surface area (Å²) in [6.45, 7) is 7.72. The molecule has 2 aromatic rings. The smallest absolute Gasteiger partial charge is 0.344 e. The Hall–Kier alpha value is -2.54. The minimum atomic E-state index is -1.15. The zero-order valence-electron chi connectivity index (χ0n) is 15.7. The summed E-state index contributed by atoms with van der Waals surface area (Å²) < 4.78 is 15.4. The summed E-state index contributed by atoms with van der Waals surface area (Å²) in [6.07, 6.45) is -1.15. The third-order valence-electron chi connectivity index (χ3n) is 4.06. The summed E-state index contributed by atoms with van der Waals surface area (Å²) in [5, 5.41) is 0.605. The number of nitrogens with zero attached hydrogens (tertiary/aromatic N) is 1. The van der Waals surface area contributed by atoms with Gasteiger partial charge in [0.1, 0.15) is 17.8 Å². The number of halogens is 1. The third kappa shape index (κ3) is 4.80. The van der Waals surface area contributed by atoms with Crippen molar-refractivity contribution in [3.8, 4) is 0 Å². The number of benzene rings is 1. The minimum Gasteiger partial charge on any atom is -0.462 e. The molecule has 0 aliphatic carbocycles. The van der Waals surface area contributed by atoms with E-state index in [0.29, 0.717) is 11.0 Å². The van der Waals surface area contributed by atoms with Crippen LogP contribution in [0.5, 0.6) is 0 Å². The lowest BCUT2D eigenvalue weighted by Crippen LogP contribution is -2.23. The van der Waals surface area contributed by atoms with Gasteiger partial charge in [-0.05, 0) is 26.0 Å². The van der Waals surface area contributed by atoms with E-state index in [4.69, 9.17) is 25.5 Å². The monoisotopic (exact) mass is 395 g/mol. The van der Waals surface area contributed by atoms with Gasteiger partial charge in [0.15, 0.2) is 6.10 Å². The first-order chi connectivity index (χ1) is 12.8. The Kier molecular flexibility index (Phi) is 6.85. The van der Waals surface area contributed by atoms with Crippen LogP contribution in [0.3, 0.4) is 0 Å². The lowest BCUT2D eigenvalue weighted by atomic mass is 10.1. The van der Waals surface area contributed by atoms with Gasteiger partial charge in [-0.15, -0.1) is 0 Å². The van der Waals surface area contributed by atoms with Crippen molar-refractivity contribution in [2.24, 2.45) is 0 Å². The number of carbonyl (C=O) groups is 2. The first-order valence-corrected chi connectivity index (χ1v) is 8.98. The van der Waals surface area contributed by atoms with Crippen molar-refractivity contribution in [3.05, 3.63) is 39.2 Å². The van der Waals surface area contributed by atoms with E-state index in [0.717, 1.165) is 18.8 Å². The predicted molar refractivity (Wildman–Crippen MR) is 102 cm³/mol. The van der Waals surface area contributed by atoms with Crippen LogP contribution in [0.1, 0.15) is 39.4 Å². The van der Waals surface area contributed by atoms with Gasteiger partial charge in [-0.1, -0.05) is 11.6 Å². The Morgan fingerprint density at radius 1 is 1.19 bits per heavy atom. The maximum Gasteiger partial charge on any atom is 0.344 e. The summed E-state index contributed by atoms with van der Waals surface area (Å²) in [6, 6.07) is 5.36. The van der Waals surface area contributed by atoms with Gasteiger partial charge in [0, 0.05) is 44.1 Å². The van der Waals surface area contributed by atoms with E-state index in [-0.39, 0.29) is 17.2 Å². The molecule has 0 saturated heterocycles. The standard InChI is InChI=1S/C19H22ClNO6/c1-5-21(6-2)13-7-8-14-15(9-13)27-19(24)17(18(14)20)16(26-12(4)23)10-25-11(3)22/h7-9,16H,5-6,10H2,1-4H3/t16-/m0/s1. The Morgan fingerprint density at radius 3 is 2.41 bits per heavy atom. The number of hydrogen-bond donors (Lipinski definition) is 0. The number of rotatable bonds is 7. The molecule has 0 aliphatic rings. The van der Waals surface area contributed by atoms with Gasteiger partial charge in [0.05, 0.1) is 5.02 Å². The highest BCUT2D eigenvalue weighted by Gasteiger charge is 2.26. The number of esters is 2. The fourth-order valence-electron chi connectivity index (χ4n) is 2.79. The SMILES string of the molecule is CCN(CC)c1ccc2c(Cl)c([C@H](COC(C)=O)OC(C)=O)c(=O)oc2c1. The van der Waals surface area contributed by atoms with E-state index >= 15 is 0 Å². The zero-order chi connectivity index (χ0) is 20.1. The highest BCUT2D eigenvalue weighted by molar-refractivity contribution is 6.36. The Balaban J connectivity index is 2.56. The Labute approximate surface area is 161 Å². The van der Waals surface area contributed by atoms with Crippen molar-refractivity contribution in [3.63, 3.8) is 0 Å². The average Bonchev–Trinajstić information content (AvgIpc) is 2.59. The van der Waals surface area contributed by atoms with Crippen LogP contribution in [-0.4, -0.2) is 31.6 Å². The molecule has 8 heteroatoms. The van der Waals surface area contributed by atoms with Crippen LogP contribution in [-0.2, 0) is 19.1 Å². The van der Waals surface area contributed by atoms with Crippen LogP contribution in [0.4, 0.5) is 5.69 Å². The van der Waals surface area contributed by atoms with Gasteiger partial charge < -0.3 is 18.8 Å². The van der Waals surface area contributed by atoms with Crippen molar-refractivity contribution < 1.29 is 23.5 Å². The van der Waals surface area contributed by atoms with Crippen molar-refractivity contribution in [2.75, 3.05) is 24.6 Å². The van der Waals surface area contributed by atoms with Gasteiger partial charge in [0.2, 0.25) is 0 Å². The molecule has 0 unspecified atom stereocenters. The molecule has 1 aromatic carbocycles. The first kappa shape index (κ1) is 20.8. The number of anilines is 1. The van der Waals surface area contributed by atoms with Crippen molar-refractivity contribution >= 4 is 40.2 Å². The van der Waals surface area contributed by atoms with E-state index in [1.54, 1.807) is 12.1 Å². The molecule has 0 radical (unpaired) electrons. The molecule has 146 valence electrons. The van der Waals surface area contributed by atoms with E-state index in [1.165, 1.54) is 13.8 Å². The van der Waals surface area contributed by atoms with Crippen LogP contribution in [0.15, 0.2) is 27.4 Å². The molecule has 1 atom stereocenters. The van der Waals surface area contributed by atoms with E-state index in [9.17, 15) is 14.4 Å². The number of hydrogen-bond acceptors (Lipinski definition) is 7. The van der Waals surface area contributed by atoms with Gasteiger partial charge in [-0.3, -0.25) is 9.59 Å². The van der Waals surface area contributed by atoms with Crippen LogP contribution < -0.4 is 10.5 Å². The summed E-state index contributed by atoms with van der Waals surface area (Å²) in [7, 11) is 0. The third-order valence-corrected chi connectivity index (χ3v) is 4.46. The second-order valence-electron chi connectivity index (χ2n) is 5.87. The molecule has 27 heavy (non-hydrogen) atoms. The molecule has 0 fully saturated rings. The number of fused-ring (bicyclic) bond motifs is 1. The molecule has 0 N–H and O–H groups in total. The fraction of sp³-hybridized carbons (Fsp3) is 0.421. The average molecular weight is 396 g/mol. The highest BCUT2D eigenvalue weighted by Crippen LogP contribution is 2.32. The normalized spacial score (nSPS) is 11.9. The molecule has 0 saturated carbocycles. The van der Waals surface area contributed by atoms with Gasteiger partial charge in [-0.25, -0.2) is 4.79 Å². The minimum absolute atomic E-state index is 0.0591. The first-order valence-electron chi connectivity index (χ1n) is 8.60. The van der Waals surface area contributed by atoms with Crippen molar-refractivity contribution in [1.82, 2.24) is 0 Å². The maximum atomic E-state index is 12.5. The predicted octanol–water partition coefficient (Wildman–Crippen LogP) is 3.46. The Morgan fingerprint density at radius 2 is 1.85 bits per heavy atom. The summed E-state index contributed by atoms with van der Waals surface area (Å²) in [5.74, 6) is -1.21. The fourth-order valence-corrected chi connectivity index (χ4v) is 3.15. The molecule has 0 spiro atoms. The van der Waals surface area contributed by atoms with E-state index in [2.05, 4.69) is 4.90 Å². The zero-order valence-corrected chi connectivity index (χ0v) is 16.5. The van der Waals surface area contributed by atoms with Crippen LogP contribution in [0.25, 0.3) is 11.0 Å². The maximum absolute atomic E-state index is 12.5. The second kappa shape index (κ2) is 8.90. The molecule has 7 nitrogen and oxygen atoms in total. The molecule has 0 aliphatic heterocycles. The molecule has 1 aromatic heterocycles. The summed E-state index contributed by atoms with van der Waals surface area (Å²) in [4.78, 5) is 37.2. The second-order valence-corrected chi connectivity index (χ2v) is 6.25. The van der Waals surface area contributed by atoms with Crippen LogP contribution in [0, 0.1) is 0 Å². The topological polar surface area (TPSA) is 86.0 Å². The van der Waals surface area contributed by atoms with E-state index in [1.807, 2.05) is 19.9 Å². The highest BCUT2D eigenvalue weighted by atomic mass is 35.5. The summed E-state index contributed by atoms with van der Waals surface area (Å²) in [5.41, 5.74) is 0.418. The lowest BCUT2D eigenvalue weighted by Gasteiger charge is -2.21. The van der Waals surface area contributed by atoms with Crippen LogP contribution >= 0.6 is 11.6 Å². The lowest BCUT2D eigenvalue weighted by molar-refractivity contribution is -0.156. The van der Waals surface area contributed by atoms with Gasteiger partial charge >= 0.3 is 17.6 Å². The number of ether oxygens (including phenoxy) is 2. The van der Waals surface area contributed by atoms with Crippen molar-refractivity contribution in [1.29, 1.82) is 0 Å². The summed E-state index contributed by atoms with van der Waals surface area (Å²) >= 11 is 6.43. The molecule has 1 heterocycles. The van der Waals surface area contributed by atoms with Crippen molar-refractivity contribution in [2.45, 2.75) is 33.8 Å². The van der Waals surface area contributed by atoms with Gasteiger partial charge in [-0.2, -0.15) is 0 Å². The molecule has 0 bridgehead atoms. The van der Waals surface area contributed by atoms with Gasteiger partial charge in [0.25, 0.3) is 0 Å². The molecular weight excluding hydrogens is 374 g/mol. The number of carbonyl (C=O) groups excluding carboxylic acids is 2.